The lowest BCUT2D eigenvalue weighted by Crippen LogP contribution is -2.53. The standard InChI is InChI=1S/C42H49N5O14S/c1-23(49)45-31-11-12-33(39(54)55)60-37(31)32(13-17-48)61-41(56)44-16-18-58-47(4)22-57-42(2,3)14-15-43-40(62)46-24-5-8-27(30(19-24)38(52)53)36-28-9-6-25(50)20-34(28)59-35-21-26(51)7-10-29(35)36/h5-10,12,19-21,31-32,37,48,50H,11,13-18,22H2,1-4H3,(H,44,56)(H,45,49)(H,52,53)(H,54,55)(H2,43,46,62)/t31-,32-,37-/m1/s1. The number of anilines is 1. The van der Waals surface area contributed by atoms with Crippen LogP contribution in [0.4, 0.5) is 10.5 Å². The molecule has 0 aromatic heterocycles. The van der Waals surface area contributed by atoms with Gasteiger partial charge in [0.15, 0.2) is 16.6 Å². The predicted octanol–water partition coefficient (Wildman–Crippen LogP) is 4.00. The number of rotatable bonds is 19. The van der Waals surface area contributed by atoms with E-state index in [9.17, 15) is 44.4 Å². The molecule has 62 heavy (non-hydrogen) atoms. The molecule has 20 heteroatoms. The molecule has 0 spiro atoms. The Labute approximate surface area is 360 Å². The number of aromatic hydroxyl groups is 1. The summed E-state index contributed by atoms with van der Waals surface area (Å²) in [6.45, 7) is 5.16. The summed E-state index contributed by atoms with van der Waals surface area (Å²) in [6.07, 6.45) is -1.13. The number of benzene rings is 3. The van der Waals surface area contributed by atoms with Crippen molar-refractivity contribution in [3.8, 4) is 28.2 Å². The Morgan fingerprint density at radius 2 is 1.76 bits per heavy atom. The van der Waals surface area contributed by atoms with Crippen LogP contribution in [0.15, 0.2) is 75.6 Å². The van der Waals surface area contributed by atoms with Crippen LogP contribution in [0.2, 0.25) is 0 Å². The Morgan fingerprint density at radius 3 is 2.47 bits per heavy atom. The maximum Gasteiger partial charge on any atom is 0.407 e. The van der Waals surface area contributed by atoms with E-state index >= 15 is 0 Å². The second-order valence-corrected chi connectivity index (χ2v) is 15.3. The number of hydrogen-bond acceptors (Lipinski definition) is 14. The first-order valence-corrected chi connectivity index (χ1v) is 19.9. The molecule has 0 saturated heterocycles. The van der Waals surface area contributed by atoms with E-state index in [0.717, 1.165) is 0 Å². The lowest BCUT2D eigenvalue weighted by atomic mass is 9.90. The quantitative estimate of drug-likeness (QED) is 0.0217. The minimum Gasteiger partial charge on any atom is -0.508 e. The first kappa shape index (κ1) is 46.7. The predicted molar refractivity (Wildman–Crippen MR) is 229 cm³/mol. The summed E-state index contributed by atoms with van der Waals surface area (Å²) in [6, 6.07) is 12.8. The van der Waals surface area contributed by atoms with Crippen molar-refractivity contribution in [3.05, 3.63) is 82.2 Å². The van der Waals surface area contributed by atoms with E-state index in [2.05, 4.69) is 21.3 Å². The fourth-order valence-corrected chi connectivity index (χ4v) is 6.88. The van der Waals surface area contributed by atoms with E-state index in [4.69, 9.17) is 35.7 Å². The summed E-state index contributed by atoms with van der Waals surface area (Å²) in [4.78, 5) is 66.2. The van der Waals surface area contributed by atoms with Crippen LogP contribution in [0.25, 0.3) is 33.4 Å². The number of hydrogen-bond donors (Lipinski definition) is 8. The number of aliphatic hydroxyl groups is 1. The smallest absolute Gasteiger partial charge is 0.407 e. The fraction of sp³-hybridized carbons (Fsp3) is 0.381. The van der Waals surface area contributed by atoms with E-state index in [1.807, 2.05) is 13.8 Å². The van der Waals surface area contributed by atoms with Gasteiger partial charge in [0, 0.05) is 74.4 Å². The summed E-state index contributed by atoms with van der Waals surface area (Å²) in [5.41, 5.74) is 1.13. The molecule has 2 aromatic rings. The molecule has 3 aliphatic rings. The Morgan fingerprint density at radius 1 is 1.00 bits per heavy atom. The maximum atomic E-state index is 12.6. The molecule has 8 N–H and O–H groups in total. The molecule has 0 bridgehead atoms. The van der Waals surface area contributed by atoms with Crippen molar-refractivity contribution in [3.63, 3.8) is 0 Å². The zero-order chi connectivity index (χ0) is 45.1. The van der Waals surface area contributed by atoms with Gasteiger partial charge in [-0.3, -0.25) is 14.4 Å². The largest absolute Gasteiger partial charge is 0.508 e. The van der Waals surface area contributed by atoms with Gasteiger partial charge in [0.25, 0.3) is 0 Å². The van der Waals surface area contributed by atoms with Crippen LogP contribution in [0.1, 0.15) is 50.4 Å². The van der Waals surface area contributed by atoms with Crippen LogP contribution < -0.4 is 26.7 Å². The van der Waals surface area contributed by atoms with Gasteiger partial charge in [-0.25, -0.2) is 14.4 Å². The number of aliphatic carboxylic acids is 1. The highest BCUT2D eigenvalue weighted by atomic mass is 32.1. The van der Waals surface area contributed by atoms with Crippen LogP contribution >= 0.6 is 12.2 Å². The van der Waals surface area contributed by atoms with E-state index in [0.29, 0.717) is 40.7 Å². The SMILES string of the molecule is CC(=O)N[C@@H]1CC=C(C(=O)O)O[C@H]1[C@@H](CCO)OC(=O)NCCON(C)COC(C)(C)CCNC(=S)Nc1ccc(-c2c3ccc(=O)cc-3oc3cc(O)ccc23)c(C(=O)O)c1. The minimum atomic E-state index is -1.32. The number of carboxylic acid groups (broad SMARTS) is 2. The lowest BCUT2D eigenvalue weighted by Gasteiger charge is -2.35. The third kappa shape index (κ3) is 12.6. The fourth-order valence-electron chi connectivity index (χ4n) is 6.66. The van der Waals surface area contributed by atoms with Gasteiger partial charge in [0.2, 0.25) is 11.7 Å². The van der Waals surface area contributed by atoms with Crippen molar-refractivity contribution in [2.75, 3.05) is 45.4 Å². The average Bonchev–Trinajstić information content (AvgIpc) is 3.20. The first-order valence-electron chi connectivity index (χ1n) is 19.5. The van der Waals surface area contributed by atoms with Gasteiger partial charge >= 0.3 is 18.0 Å². The Balaban J connectivity index is 1.07. The zero-order valence-electron chi connectivity index (χ0n) is 34.4. The Bertz CT molecular complexity index is 2350. The molecule has 19 nitrogen and oxygen atoms in total. The number of fused-ring (bicyclic) bond motifs is 2. The molecular weight excluding hydrogens is 831 g/mol. The number of alkyl carbamates (subject to hydrolysis) is 1. The summed E-state index contributed by atoms with van der Waals surface area (Å²) in [7, 11) is 1.64. The number of phenolic OH excluding ortho intramolecular Hbond substituents is 1. The van der Waals surface area contributed by atoms with Crippen LogP contribution in [-0.4, -0.2) is 118 Å². The van der Waals surface area contributed by atoms with Gasteiger partial charge < -0.3 is 60.3 Å². The van der Waals surface area contributed by atoms with Crippen molar-refractivity contribution in [1.29, 1.82) is 0 Å². The van der Waals surface area contributed by atoms with Gasteiger partial charge in [0.05, 0.1) is 23.8 Å². The molecule has 2 aliphatic heterocycles. The number of aliphatic hydroxyl groups excluding tert-OH is 1. The zero-order valence-corrected chi connectivity index (χ0v) is 35.2. The summed E-state index contributed by atoms with van der Waals surface area (Å²) >= 11 is 5.50. The Hall–Kier alpha value is -6.32. The summed E-state index contributed by atoms with van der Waals surface area (Å²) in [5, 5.41) is 52.9. The number of thiocarbonyl (C=S) groups is 1. The highest BCUT2D eigenvalue weighted by Gasteiger charge is 2.38. The van der Waals surface area contributed by atoms with Crippen molar-refractivity contribution in [1.82, 2.24) is 21.0 Å². The van der Waals surface area contributed by atoms with E-state index < -0.39 is 48.5 Å². The topological polar surface area (TPSA) is 268 Å². The minimum absolute atomic E-state index is 0.0232. The monoisotopic (exact) mass is 879 g/mol. The van der Waals surface area contributed by atoms with Gasteiger partial charge in [-0.05, 0) is 86.9 Å². The van der Waals surface area contributed by atoms with Crippen molar-refractivity contribution in [2.24, 2.45) is 0 Å². The molecule has 3 atom stereocenters. The van der Waals surface area contributed by atoms with Crippen molar-refractivity contribution >= 4 is 57.9 Å². The van der Waals surface area contributed by atoms with Crippen LogP contribution in [0.3, 0.4) is 0 Å². The highest BCUT2D eigenvalue weighted by Crippen LogP contribution is 2.42. The number of hydroxylamine groups is 2. The molecule has 5 rings (SSSR count). The van der Waals surface area contributed by atoms with Gasteiger partial charge in [-0.2, -0.15) is 5.06 Å². The molecule has 0 unspecified atom stereocenters. The second kappa shape index (κ2) is 21.0. The van der Waals surface area contributed by atoms with Gasteiger partial charge in [-0.15, -0.1) is 0 Å². The van der Waals surface area contributed by atoms with E-state index in [1.165, 1.54) is 48.4 Å². The Kier molecular flexibility index (Phi) is 15.8. The molecule has 1 aliphatic carbocycles. The van der Waals surface area contributed by atoms with Crippen molar-refractivity contribution in [2.45, 2.75) is 63.9 Å². The number of carboxylic acids is 2. The van der Waals surface area contributed by atoms with Crippen LogP contribution in [0, 0.1) is 0 Å². The third-order valence-corrected chi connectivity index (χ3v) is 9.89. The number of aromatic carboxylic acids is 1. The first-order chi connectivity index (χ1) is 29.4. The van der Waals surface area contributed by atoms with E-state index in [-0.39, 0.29) is 77.6 Å². The van der Waals surface area contributed by atoms with Crippen LogP contribution in [-0.2, 0) is 28.6 Å². The number of amides is 2. The molecule has 2 aromatic carbocycles. The number of nitrogens with zero attached hydrogens (tertiary/aromatic N) is 1. The molecule has 0 radical (unpaired) electrons. The number of phenols is 1. The average molecular weight is 880 g/mol. The normalized spacial score (nSPS) is 15.6. The van der Waals surface area contributed by atoms with Gasteiger partial charge in [0.1, 0.15) is 29.9 Å². The lowest BCUT2D eigenvalue weighted by molar-refractivity contribution is -0.214. The number of ether oxygens (including phenoxy) is 3. The van der Waals surface area contributed by atoms with Gasteiger partial charge in [-0.1, -0.05) is 6.07 Å². The molecule has 0 fully saturated rings. The second-order valence-electron chi connectivity index (χ2n) is 14.9. The molecule has 2 heterocycles. The molecule has 0 saturated carbocycles. The van der Waals surface area contributed by atoms with Crippen LogP contribution in [0.5, 0.6) is 5.75 Å². The molecule has 2 amide bonds. The molecular formula is C42H49N5O14S. The maximum absolute atomic E-state index is 12.6. The van der Waals surface area contributed by atoms with Crippen molar-refractivity contribution < 1.29 is 63.1 Å². The summed E-state index contributed by atoms with van der Waals surface area (Å²) in [5.74, 6) is -3.07. The van der Waals surface area contributed by atoms with E-state index in [1.54, 1.807) is 31.3 Å². The number of carbonyl (C=O) groups excluding carboxylic acids is 2. The summed E-state index contributed by atoms with van der Waals surface area (Å²) < 4.78 is 22.9. The third-order valence-electron chi connectivity index (χ3n) is 9.64. The highest BCUT2D eigenvalue weighted by molar-refractivity contribution is 7.80. The number of nitrogens with one attached hydrogen (secondary N) is 4. The number of carbonyl (C=O) groups is 4. The molecule has 332 valence electrons.